The first-order valence-electron chi connectivity index (χ1n) is 3.48. The highest BCUT2D eigenvalue weighted by molar-refractivity contribution is 9.10. The van der Waals surface area contributed by atoms with E-state index in [1.54, 1.807) is 0 Å². The summed E-state index contributed by atoms with van der Waals surface area (Å²) in [6.07, 6.45) is -0.623. The van der Waals surface area contributed by atoms with Gasteiger partial charge in [-0.2, -0.15) is 0 Å². The Balaban J connectivity index is 2.79. The van der Waals surface area contributed by atoms with Crippen LogP contribution >= 0.6 is 15.9 Å². The van der Waals surface area contributed by atoms with Crippen molar-refractivity contribution in [2.45, 2.75) is 0 Å². The lowest BCUT2D eigenvalue weighted by molar-refractivity contribution is 0.203. The number of rotatable bonds is 1. The van der Waals surface area contributed by atoms with E-state index < -0.39 is 11.9 Å². The molecule has 0 radical (unpaired) electrons. The molecule has 0 aliphatic carbocycles. The highest BCUT2D eigenvalue weighted by Gasteiger charge is 2.04. The molecule has 1 aromatic carbocycles. The Hall–Kier alpha value is -1.10. The van der Waals surface area contributed by atoms with Crippen LogP contribution in [0.15, 0.2) is 22.7 Å². The van der Waals surface area contributed by atoms with Gasteiger partial charge in [0.25, 0.3) is 0 Å². The van der Waals surface area contributed by atoms with Gasteiger partial charge in [-0.15, -0.1) is 0 Å². The molecule has 1 aromatic rings. The molecule has 0 unspecified atom stereocenters. The van der Waals surface area contributed by atoms with Crippen molar-refractivity contribution < 1.29 is 13.9 Å². The Morgan fingerprint density at radius 3 is 2.85 bits per heavy atom. The smallest absolute Gasteiger partial charge is 0.410 e. The molecule has 0 aliphatic heterocycles. The summed E-state index contributed by atoms with van der Waals surface area (Å²) in [5, 5.41) is 2.25. The summed E-state index contributed by atoms with van der Waals surface area (Å²) < 4.78 is 17.9. The zero-order valence-corrected chi connectivity index (χ0v) is 8.39. The summed E-state index contributed by atoms with van der Waals surface area (Å²) in [5.41, 5.74) is 0. The molecule has 0 heterocycles. The van der Waals surface area contributed by atoms with E-state index in [0.29, 0.717) is 4.47 Å². The van der Waals surface area contributed by atoms with Crippen LogP contribution in [0.5, 0.6) is 5.75 Å². The first-order chi connectivity index (χ1) is 6.13. The van der Waals surface area contributed by atoms with Gasteiger partial charge in [0.1, 0.15) is 11.6 Å². The summed E-state index contributed by atoms with van der Waals surface area (Å²) in [6, 6.07) is 4.08. The molecule has 1 amide bonds. The fourth-order valence-electron chi connectivity index (χ4n) is 0.698. The molecule has 1 rings (SSSR count). The van der Waals surface area contributed by atoms with Crippen molar-refractivity contribution in [1.29, 1.82) is 0 Å². The minimum atomic E-state index is -0.623. The van der Waals surface area contributed by atoms with E-state index in [4.69, 9.17) is 0 Å². The predicted molar refractivity (Wildman–Crippen MR) is 49.2 cm³/mol. The van der Waals surface area contributed by atoms with Gasteiger partial charge in [0.15, 0.2) is 0 Å². The van der Waals surface area contributed by atoms with Crippen molar-refractivity contribution in [1.82, 2.24) is 5.32 Å². The fraction of sp³-hybridized carbons (Fsp3) is 0.125. The van der Waals surface area contributed by atoms with Gasteiger partial charge < -0.3 is 10.1 Å². The van der Waals surface area contributed by atoms with Gasteiger partial charge in [-0.1, -0.05) is 0 Å². The number of benzene rings is 1. The highest BCUT2D eigenvalue weighted by Crippen LogP contribution is 2.20. The second-order valence-electron chi connectivity index (χ2n) is 2.22. The lowest BCUT2D eigenvalue weighted by Gasteiger charge is -2.03. The van der Waals surface area contributed by atoms with Crippen molar-refractivity contribution >= 4 is 22.0 Å². The van der Waals surface area contributed by atoms with Crippen molar-refractivity contribution in [2.24, 2.45) is 0 Å². The van der Waals surface area contributed by atoms with Gasteiger partial charge in [-0.05, 0) is 28.1 Å². The zero-order chi connectivity index (χ0) is 9.84. The largest absolute Gasteiger partial charge is 0.412 e. The molecular weight excluding hydrogens is 241 g/mol. The Morgan fingerprint density at radius 2 is 2.31 bits per heavy atom. The third-order valence-electron chi connectivity index (χ3n) is 1.31. The maximum atomic E-state index is 12.9. The number of ether oxygens (including phenoxy) is 1. The molecule has 3 nitrogen and oxygen atoms in total. The maximum Gasteiger partial charge on any atom is 0.412 e. The summed E-state index contributed by atoms with van der Waals surface area (Å²) >= 11 is 2.98. The second-order valence-corrected chi connectivity index (χ2v) is 3.07. The maximum absolute atomic E-state index is 12.9. The normalized spacial score (nSPS) is 9.46. The van der Waals surface area contributed by atoms with Gasteiger partial charge in [0, 0.05) is 13.1 Å². The third kappa shape index (κ3) is 2.69. The Bertz CT molecular complexity index is 330. The average molecular weight is 248 g/mol. The van der Waals surface area contributed by atoms with Crippen LogP contribution in [0.2, 0.25) is 0 Å². The van der Waals surface area contributed by atoms with E-state index in [2.05, 4.69) is 26.0 Å². The number of amides is 1. The van der Waals surface area contributed by atoms with Gasteiger partial charge in [-0.25, -0.2) is 9.18 Å². The number of halogens is 2. The van der Waals surface area contributed by atoms with Crippen LogP contribution in [0.1, 0.15) is 0 Å². The standard InChI is InChI=1S/C8H7BrFNO2/c1-11-8(12)13-5-2-3-6(9)7(10)4-5/h2-4H,1H3,(H,11,12). The van der Waals surface area contributed by atoms with Gasteiger partial charge >= 0.3 is 6.09 Å². The van der Waals surface area contributed by atoms with Crippen molar-refractivity contribution in [2.75, 3.05) is 7.05 Å². The molecule has 13 heavy (non-hydrogen) atoms. The molecular formula is C8H7BrFNO2. The molecule has 0 atom stereocenters. The second kappa shape index (κ2) is 4.23. The molecule has 5 heteroatoms. The molecule has 0 saturated carbocycles. The number of carbonyl (C=O) groups is 1. The monoisotopic (exact) mass is 247 g/mol. The van der Waals surface area contributed by atoms with Crippen molar-refractivity contribution in [3.05, 3.63) is 28.5 Å². The minimum Gasteiger partial charge on any atom is -0.410 e. The van der Waals surface area contributed by atoms with Crippen LogP contribution < -0.4 is 10.1 Å². The summed E-state index contributed by atoms with van der Waals surface area (Å²) in [6.45, 7) is 0. The SMILES string of the molecule is CNC(=O)Oc1ccc(Br)c(F)c1. The van der Waals surface area contributed by atoms with Crippen LogP contribution in [0.3, 0.4) is 0 Å². The van der Waals surface area contributed by atoms with Crippen molar-refractivity contribution in [3.8, 4) is 5.75 Å². The van der Waals surface area contributed by atoms with Crippen LogP contribution in [0.25, 0.3) is 0 Å². The number of hydrogen-bond donors (Lipinski definition) is 1. The number of hydrogen-bond acceptors (Lipinski definition) is 2. The van der Waals surface area contributed by atoms with Crippen molar-refractivity contribution in [3.63, 3.8) is 0 Å². The quantitative estimate of drug-likeness (QED) is 0.828. The molecule has 0 spiro atoms. The zero-order valence-electron chi connectivity index (χ0n) is 6.80. The van der Waals surface area contributed by atoms with E-state index in [9.17, 15) is 9.18 Å². The van der Waals surface area contributed by atoms with E-state index in [0.717, 1.165) is 6.07 Å². The first-order valence-corrected chi connectivity index (χ1v) is 4.27. The lowest BCUT2D eigenvalue weighted by atomic mass is 10.3. The molecule has 0 bridgehead atoms. The van der Waals surface area contributed by atoms with E-state index in [-0.39, 0.29) is 5.75 Å². The first kappa shape index (κ1) is 9.98. The van der Waals surface area contributed by atoms with E-state index in [1.165, 1.54) is 19.2 Å². The summed E-state index contributed by atoms with van der Waals surface area (Å²) in [7, 11) is 1.43. The third-order valence-corrected chi connectivity index (χ3v) is 1.95. The lowest BCUT2D eigenvalue weighted by Crippen LogP contribution is -2.22. The van der Waals surface area contributed by atoms with E-state index >= 15 is 0 Å². The minimum absolute atomic E-state index is 0.167. The van der Waals surface area contributed by atoms with Crippen LogP contribution in [-0.2, 0) is 0 Å². The fourth-order valence-corrected chi connectivity index (χ4v) is 0.945. The topological polar surface area (TPSA) is 38.3 Å². The Labute approximate surface area is 83.0 Å². The molecule has 0 saturated heterocycles. The van der Waals surface area contributed by atoms with Crippen LogP contribution in [-0.4, -0.2) is 13.1 Å². The summed E-state index contributed by atoms with van der Waals surface area (Å²) in [4.78, 5) is 10.7. The molecule has 0 fully saturated rings. The molecule has 70 valence electrons. The number of carbonyl (C=O) groups excluding carboxylic acids is 1. The molecule has 1 N–H and O–H groups in total. The average Bonchev–Trinajstić information content (AvgIpc) is 2.11. The van der Waals surface area contributed by atoms with E-state index in [1.807, 2.05) is 0 Å². The van der Waals surface area contributed by atoms with Crippen LogP contribution in [0, 0.1) is 5.82 Å². The molecule has 0 aliphatic rings. The highest BCUT2D eigenvalue weighted by atomic mass is 79.9. The number of nitrogens with one attached hydrogen (secondary N) is 1. The van der Waals surface area contributed by atoms with Gasteiger partial charge in [0.05, 0.1) is 4.47 Å². The van der Waals surface area contributed by atoms with Gasteiger partial charge in [-0.3, -0.25) is 0 Å². The van der Waals surface area contributed by atoms with Crippen LogP contribution in [0.4, 0.5) is 9.18 Å². The Morgan fingerprint density at radius 1 is 1.62 bits per heavy atom. The van der Waals surface area contributed by atoms with Gasteiger partial charge in [0.2, 0.25) is 0 Å². The molecule has 0 aromatic heterocycles. The predicted octanol–water partition coefficient (Wildman–Crippen LogP) is 2.31. The Kier molecular flexibility index (Phi) is 3.25. The summed E-state index contributed by atoms with van der Waals surface area (Å²) in [5.74, 6) is -0.304.